The first-order chi connectivity index (χ1) is 12.5. The smallest absolute Gasteiger partial charge is 0.191 e. The van der Waals surface area contributed by atoms with Gasteiger partial charge in [-0.15, -0.1) is 0 Å². The maximum absolute atomic E-state index is 13.2. The number of hydrogen-bond donors (Lipinski definition) is 3. The second kappa shape index (κ2) is 9.65. The van der Waals surface area contributed by atoms with Crippen molar-refractivity contribution in [1.29, 1.82) is 0 Å². The zero-order valence-corrected chi connectivity index (χ0v) is 15.5. The fraction of sp³-hybridized carbons (Fsp3) is 0.350. The number of ether oxygens (including phenoxy) is 1. The van der Waals surface area contributed by atoms with Crippen molar-refractivity contribution < 1.29 is 14.2 Å². The van der Waals surface area contributed by atoms with Crippen molar-refractivity contribution in [2.45, 2.75) is 26.8 Å². The van der Waals surface area contributed by atoms with E-state index >= 15 is 0 Å². The molecule has 0 radical (unpaired) electrons. The number of rotatable bonds is 7. The molecule has 2 aromatic rings. The van der Waals surface area contributed by atoms with Gasteiger partial charge >= 0.3 is 0 Å². The number of methoxy groups -OCH3 is 1. The molecule has 2 aromatic carbocycles. The van der Waals surface area contributed by atoms with Gasteiger partial charge in [0.1, 0.15) is 5.82 Å². The molecular formula is C20H26FN3O2. The van der Waals surface area contributed by atoms with E-state index in [-0.39, 0.29) is 11.6 Å². The second-order valence-corrected chi connectivity index (χ2v) is 5.95. The van der Waals surface area contributed by atoms with Crippen LogP contribution in [0.4, 0.5) is 4.39 Å². The van der Waals surface area contributed by atoms with Crippen molar-refractivity contribution >= 4 is 5.96 Å². The number of phenolic OH excluding ortho intramolecular Hbond substituents is 1. The molecule has 0 aromatic heterocycles. The molecule has 2 rings (SSSR count). The fourth-order valence-electron chi connectivity index (χ4n) is 2.60. The largest absolute Gasteiger partial charge is 0.504 e. The fourth-order valence-corrected chi connectivity index (χ4v) is 2.60. The van der Waals surface area contributed by atoms with Gasteiger partial charge < -0.3 is 20.5 Å². The Balaban J connectivity index is 1.94. The average Bonchev–Trinajstić information content (AvgIpc) is 2.61. The van der Waals surface area contributed by atoms with Crippen LogP contribution in [0.2, 0.25) is 0 Å². The Bertz CT molecular complexity index is 763. The lowest BCUT2D eigenvalue weighted by molar-refractivity contribution is 0.373. The van der Waals surface area contributed by atoms with E-state index in [0.717, 1.165) is 29.7 Å². The quantitative estimate of drug-likeness (QED) is 0.525. The Hall–Kier alpha value is -2.76. The van der Waals surface area contributed by atoms with E-state index in [0.29, 0.717) is 24.8 Å². The lowest BCUT2D eigenvalue weighted by Crippen LogP contribution is -2.38. The molecule has 0 aliphatic heterocycles. The summed E-state index contributed by atoms with van der Waals surface area (Å²) < 4.78 is 18.2. The first-order valence-electron chi connectivity index (χ1n) is 8.66. The molecule has 0 amide bonds. The molecule has 0 saturated heterocycles. The Morgan fingerprint density at radius 3 is 2.65 bits per heavy atom. The van der Waals surface area contributed by atoms with Gasteiger partial charge in [-0.05, 0) is 61.2 Å². The van der Waals surface area contributed by atoms with Crippen molar-refractivity contribution in [3.63, 3.8) is 0 Å². The zero-order chi connectivity index (χ0) is 18.9. The highest BCUT2D eigenvalue weighted by molar-refractivity contribution is 5.79. The monoisotopic (exact) mass is 359 g/mol. The number of hydrogen-bond acceptors (Lipinski definition) is 3. The Morgan fingerprint density at radius 1 is 1.19 bits per heavy atom. The van der Waals surface area contributed by atoms with Crippen LogP contribution in [0.15, 0.2) is 41.4 Å². The first-order valence-corrected chi connectivity index (χ1v) is 8.66. The minimum absolute atomic E-state index is 0.102. The lowest BCUT2D eigenvalue weighted by atomic mass is 10.1. The number of halogens is 1. The predicted molar refractivity (Wildman–Crippen MR) is 102 cm³/mol. The van der Waals surface area contributed by atoms with Crippen LogP contribution in [-0.4, -0.2) is 31.3 Å². The Labute approximate surface area is 153 Å². The van der Waals surface area contributed by atoms with Gasteiger partial charge in [-0.3, -0.25) is 0 Å². The van der Waals surface area contributed by atoms with Crippen LogP contribution in [0.3, 0.4) is 0 Å². The minimum Gasteiger partial charge on any atom is -0.504 e. The van der Waals surface area contributed by atoms with Crippen molar-refractivity contribution in [2.75, 3.05) is 20.2 Å². The van der Waals surface area contributed by atoms with Gasteiger partial charge in [-0.2, -0.15) is 0 Å². The molecule has 0 bridgehead atoms. The molecule has 0 saturated carbocycles. The molecule has 0 atom stereocenters. The van der Waals surface area contributed by atoms with Crippen LogP contribution >= 0.6 is 0 Å². The van der Waals surface area contributed by atoms with Gasteiger partial charge in [0.05, 0.1) is 13.7 Å². The van der Waals surface area contributed by atoms with E-state index in [1.165, 1.54) is 13.2 Å². The topological polar surface area (TPSA) is 65.9 Å². The summed E-state index contributed by atoms with van der Waals surface area (Å²) in [5.41, 5.74) is 2.94. The summed E-state index contributed by atoms with van der Waals surface area (Å²) in [6.45, 7) is 5.78. The third kappa shape index (κ3) is 5.65. The van der Waals surface area contributed by atoms with Gasteiger partial charge in [0.15, 0.2) is 17.5 Å². The Kier molecular flexibility index (Phi) is 7.26. The van der Waals surface area contributed by atoms with Crippen LogP contribution < -0.4 is 15.4 Å². The van der Waals surface area contributed by atoms with Crippen molar-refractivity contribution in [3.05, 3.63) is 58.9 Å². The lowest BCUT2D eigenvalue weighted by Gasteiger charge is -2.12. The molecule has 0 aliphatic carbocycles. The van der Waals surface area contributed by atoms with Crippen LogP contribution in [0, 0.1) is 12.7 Å². The highest BCUT2D eigenvalue weighted by Gasteiger charge is 2.04. The summed E-state index contributed by atoms with van der Waals surface area (Å²) >= 11 is 0. The van der Waals surface area contributed by atoms with Crippen molar-refractivity contribution in [3.8, 4) is 11.5 Å². The third-order valence-electron chi connectivity index (χ3n) is 4.00. The minimum atomic E-state index is -0.211. The molecule has 0 fully saturated rings. The maximum Gasteiger partial charge on any atom is 0.191 e. The van der Waals surface area contributed by atoms with Crippen LogP contribution in [0.25, 0.3) is 0 Å². The highest BCUT2D eigenvalue weighted by Crippen LogP contribution is 2.26. The predicted octanol–water partition coefficient (Wildman–Crippen LogP) is 3.15. The molecule has 26 heavy (non-hydrogen) atoms. The van der Waals surface area contributed by atoms with E-state index in [4.69, 9.17) is 4.74 Å². The average molecular weight is 359 g/mol. The SMILES string of the molecule is CCNC(=NCc1ccc(OC)c(O)c1)NCCc1ccc(F)cc1C. The van der Waals surface area contributed by atoms with E-state index in [1.54, 1.807) is 18.2 Å². The van der Waals surface area contributed by atoms with Crippen molar-refractivity contribution in [1.82, 2.24) is 10.6 Å². The highest BCUT2D eigenvalue weighted by atomic mass is 19.1. The van der Waals surface area contributed by atoms with Gasteiger partial charge in [-0.25, -0.2) is 9.38 Å². The van der Waals surface area contributed by atoms with E-state index < -0.39 is 0 Å². The molecule has 3 N–H and O–H groups in total. The molecule has 0 spiro atoms. The van der Waals surface area contributed by atoms with Gasteiger partial charge in [0.2, 0.25) is 0 Å². The Morgan fingerprint density at radius 2 is 2.00 bits per heavy atom. The normalized spacial score (nSPS) is 11.3. The molecule has 0 heterocycles. The van der Waals surface area contributed by atoms with Crippen LogP contribution in [0.5, 0.6) is 11.5 Å². The van der Waals surface area contributed by atoms with E-state index in [9.17, 15) is 9.50 Å². The van der Waals surface area contributed by atoms with Gasteiger partial charge in [-0.1, -0.05) is 12.1 Å². The van der Waals surface area contributed by atoms with Gasteiger partial charge in [0.25, 0.3) is 0 Å². The summed E-state index contributed by atoms with van der Waals surface area (Å²) in [7, 11) is 1.52. The zero-order valence-electron chi connectivity index (χ0n) is 15.5. The summed E-state index contributed by atoms with van der Waals surface area (Å²) in [6.07, 6.45) is 0.778. The number of guanidine groups is 1. The van der Waals surface area contributed by atoms with Crippen LogP contribution in [0.1, 0.15) is 23.6 Å². The number of nitrogens with one attached hydrogen (secondary N) is 2. The number of aryl methyl sites for hydroxylation is 1. The summed E-state index contributed by atoms with van der Waals surface area (Å²) in [5.74, 6) is 1.03. The second-order valence-electron chi connectivity index (χ2n) is 5.95. The number of aromatic hydroxyl groups is 1. The number of phenols is 1. The molecule has 0 unspecified atom stereocenters. The molecule has 6 heteroatoms. The third-order valence-corrected chi connectivity index (χ3v) is 4.00. The summed E-state index contributed by atoms with van der Waals surface area (Å²) in [4.78, 5) is 4.53. The molecular weight excluding hydrogens is 333 g/mol. The maximum atomic E-state index is 13.2. The first kappa shape index (κ1) is 19.6. The molecule has 140 valence electrons. The van der Waals surface area contributed by atoms with E-state index in [1.807, 2.05) is 26.0 Å². The van der Waals surface area contributed by atoms with Crippen molar-refractivity contribution in [2.24, 2.45) is 4.99 Å². The number of nitrogens with zero attached hydrogens (tertiary/aromatic N) is 1. The molecule has 0 aliphatic rings. The standard InChI is InChI=1S/C20H26FN3O2/c1-4-22-20(23-10-9-16-6-7-17(21)11-14(16)2)24-13-15-5-8-19(26-3)18(25)12-15/h5-8,11-12,25H,4,9-10,13H2,1-3H3,(H2,22,23,24). The molecule has 5 nitrogen and oxygen atoms in total. The van der Waals surface area contributed by atoms with E-state index in [2.05, 4.69) is 15.6 Å². The van der Waals surface area contributed by atoms with Gasteiger partial charge in [0, 0.05) is 13.1 Å². The van der Waals surface area contributed by atoms with Crippen LogP contribution in [-0.2, 0) is 13.0 Å². The summed E-state index contributed by atoms with van der Waals surface area (Å²) in [6, 6.07) is 10.1. The summed E-state index contributed by atoms with van der Waals surface area (Å²) in [5, 5.41) is 16.3. The number of aliphatic imine (C=N–C) groups is 1. The number of benzene rings is 2.